The zero-order valence-corrected chi connectivity index (χ0v) is 11.9. The first kappa shape index (κ1) is 12.8. The van der Waals surface area contributed by atoms with Crippen molar-refractivity contribution in [1.29, 1.82) is 0 Å². The molecule has 1 aliphatic rings. The van der Waals surface area contributed by atoms with Crippen molar-refractivity contribution in [2.24, 2.45) is 5.92 Å². The normalized spacial score (nSPS) is 17.7. The maximum Gasteiger partial charge on any atom is 0.0794 e. The van der Waals surface area contributed by atoms with Crippen molar-refractivity contribution in [3.8, 4) is 0 Å². The average Bonchev–Trinajstić information content (AvgIpc) is 3.13. The van der Waals surface area contributed by atoms with Crippen LogP contribution in [0.3, 0.4) is 0 Å². The maximum absolute atomic E-state index is 4.15. The minimum Gasteiger partial charge on any atom is -0.305 e. The van der Waals surface area contributed by atoms with Gasteiger partial charge in [-0.15, -0.1) is 11.3 Å². The summed E-state index contributed by atoms with van der Waals surface area (Å²) in [4.78, 5) is 5.47. The average molecular weight is 272 g/mol. The quantitative estimate of drug-likeness (QED) is 0.884. The van der Waals surface area contributed by atoms with Gasteiger partial charge in [0.05, 0.1) is 5.51 Å². The number of nitrogens with zero attached hydrogens (tertiary/aromatic N) is 1. The molecule has 2 nitrogen and oxygen atoms in total. The molecule has 0 saturated heterocycles. The molecule has 1 aromatic heterocycles. The van der Waals surface area contributed by atoms with Crippen molar-refractivity contribution in [1.82, 2.24) is 10.3 Å². The standard InChI is InChI=1S/C16H20N2S/c1-2-6-13(7-3-1)16(14-8-4-5-9-14)18-11-15-10-17-12-19-15/h1-3,6-7,10,12,14,16,18H,4-5,8-9,11H2/t16-/m0/s1. The van der Waals surface area contributed by atoms with Gasteiger partial charge in [-0.25, -0.2) is 0 Å². The van der Waals surface area contributed by atoms with E-state index in [0.717, 1.165) is 12.5 Å². The largest absolute Gasteiger partial charge is 0.305 e. The number of hydrogen-bond acceptors (Lipinski definition) is 3. The second-order valence-electron chi connectivity index (χ2n) is 5.28. The van der Waals surface area contributed by atoms with Crippen molar-refractivity contribution in [2.45, 2.75) is 38.3 Å². The van der Waals surface area contributed by atoms with Gasteiger partial charge in [-0.2, -0.15) is 0 Å². The van der Waals surface area contributed by atoms with Crippen molar-refractivity contribution >= 4 is 11.3 Å². The van der Waals surface area contributed by atoms with Crippen LogP contribution in [0, 0.1) is 5.92 Å². The highest BCUT2D eigenvalue weighted by Crippen LogP contribution is 2.35. The first-order chi connectivity index (χ1) is 9.43. The van der Waals surface area contributed by atoms with E-state index in [9.17, 15) is 0 Å². The zero-order valence-electron chi connectivity index (χ0n) is 11.1. The summed E-state index contributed by atoms with van der Waals surface area (Å²) < 4.78 is 0. The van der Waals surface area contributed by atoms with Crippen LogP contribution in [0.25, 0.3) is 0 Å². The van der Waals surface area contributed by atoms with Gasteiger partial charge in [-0.1, -0.05) is 43.2 Å². The summed E-state index contributed by atoms with van der Waals surface area (Å²) in [6, 6.07) is 11.4. The molecule has 0 aliphatic heterocycles. The number of aromatic nitrogens is 1. The molecule has 1 atom stereocenters. The first-order valence-corrected chi connectivity index (χ1v) is 7.97. The number of rotatable bonds is 5. The molecule has 1 fully saturated rings. The van der Waals surface area contributed by atoms with Crippen LogP contribution >= 0.6 is 11.3 Å². The van der Waals surface area contributed by atoms with E-state index in [1.54, 1.807) is 11.3 Å². The summed E-state index contributed by atoms with van der Waals surface area (Å²) in [5.74, 6) is 0.787. The van der Waals surface area contributed by atoms with E-state index < -0.39 is 0 Å². The van der Waals surface area contributed by atoms with E-state index in [-0.39, 0.29) is 0 Å². The Labute approximate surface area is 118 Å². The third-order valence-electron chi connectivity index (χ3n) is 4.01. The lowest BCUT2D eigenvalue weighted by atomic mass is 9.91. The van der Waals surface area contributed by atoms with Gasteiger partial charge in [0.25, 0.3) is 0 Å². The van der Waals surface area contributed by atoms with Gasteiger partial charge in [-0.3, -0.25) is 4.98 Å². The van der Waals surface area contributed by atoms with E-state index in [1.807, 2.05) is 11.7 Å². The maximum atomic E-state index is 4.15. The summed E-state index contributed by atoms with van der Waals surface area (Å²) >= 11 is 1.73. The Bertz CT molecular complexity index is 475. The molecule has 3 heteroatoms. The Morgan fingerprint density at radius 3 is 2.68 bits per heavy atom. The van der Waals surface area contributed by atoms with Crippen LogP contribution in [0.5, 0.6) is 0 Å². The predicted molar refractivity (Wildman–Crippen MR) is 80.1 cm³/mol. The summed E-state index contributed by atoms with van der Waals surface area (Å²) in [5, 5.41) is 3.75. The van der Waals surface area contributed by atoms with Gasteiger partial charge in [-0.05, 0) is 24.3 Å². The Hall–Kier alpha value is -1.19. The van der Waals surface area contributed by atoms with Gasteiger partial charge in [0, 0.05) is 23.7 Å². The Kier molecular flexibility index (Phi) is 4.26. The number of nitrogens with one attached hydrogen (secondary N) is 1. The van der Waals surface area contributed by atoms with E-state index in [1.165, 1.54) is 36.1 Å². The van der Waals surface area contributed by atoms with Crippen LogP contribution in [0.1, 0.15) is 42.2 Å². The fraction of sp³-hybridized carbons (Fsp3) is 0.438. The molecule has 1 heterocycles. The van der Waals surface area contributed by atoms with Crippen LogP contribution < -0.4 is 5.32 Å². The van der Waals surface area contributed by atoms with E-state index in [4.69, 9.17) is 0 Å². The van der Waals surface area contributed by atoms with Gasteiger partial charge in [0.2, 0.25) is 0 Å². The van der Waals surface area contributed by atoms with Crippen LogP contribution in [-0.4, -0.2) is 4.98 Å². The molecule has 2 aromatic rings. The third kappa shape index (κ3) is 3.23. The molecule has 1 aromatic carbocycles. The fourth-order valence-corrected chi connectivity index (χ4v) is 3.59. The molecule has 1 aliphatic carbocycles. The first-order valence-electron chi connectivity index (χ1n) is 7.09. The summed E-state index contributed by atoms with van der Waals surface area (Å²) in [5.41, 5.74) is 3.34. The highest BCUT2D eigenvalue weighted by Gasteiger charge is 2.25. The lowest BCUT2D eigenvalue weighted by molar-refractivity contribution is 0.367. The minimum atomic E-state index is 0.491. The van der Waals surface area contributed by atoms with Crippen LogP contribution in [-0.2, 0) is 6.54 Å². The van der Waals surface area contributed by atoms with Gasteiger partial charge >= 0.3 is 0 Å². The van der Waals surface area contributed by atoms with Crippen LogP contribution in [0.15, 0.2) is 42.0 Å². The smallest absolute Gasteiger partial charge is 0.0794 e. The molecule has 1 N–H and O–H groups in total. The minimum absolute atomic E-state index is 0.491. The molecular weight excluding hydrogens is 252 g/mol. The Balaban J connectivity index is 1.72. The molecule has 0 unspecified atom stereocenters. The van der Waals surface area contributed by atoms with Gasteiger partial charge in [0.1, 0.15) is 0 Å². The van der Waals surface area contributed by atoms with E-state index in [0.29, 0.717) is 6.04 Å². The molecule has 3 rings (SSSR count). The van der Waals surface area contributed by atoms with Gasteiger partial charge < -0.3 is 5.32 Å². The van der Waals surface area contributed by atoms with Crippen molar-refractivity contribution in [2.75, 3.05) is 0 Å². The summed E-state index contributed by atoms with van der Waals surface area (Å²) in [6.45, 7) is 0.931. The fourth-order valence-electron chi connectivity index (χ4n) is 3.05. The molecule has 19 heavy (non-hydrogen) atoms. The second-order valence-corrected chi connectivity index (χ2v) is 6.25. The lowest BCUT2D eigenvalue weighted by Crippen LogP contribution is -2.26. The predicted octanol–water partition coefficient (Wildman–Crippen LogP) is 4.16. The Morgan fingerprint density at radius 2 is 2.00 bits per heavy atom. The van der Waals surface area contributed by atoms with Crippen LogP contribution in [0.2, 0.25) is 0 Å². The molecule has 1 saturated carbocycles. The lowest BCUT2D eigenvalue weighted by Gasteiger charge is -2.25. The number of benzene rings is 1. The molecule has 0 bridgehead atoms. The van der Waals surface area contributed by atoms with Crippen LogP contribution in [0.4, 0.5) is 0 Å². The molecule has 100 valence electrons. The molecular formula is C16H20N2S. The molecule has 0 amide bonds. The summed E-state index contributed by atoms with van der Waals surface area (Å²) in [7, 11) is 0. The van der Waals surface area contributed by atoms with E-state index >= 15 is 0 Å². The molecule has 0 radical (unpaired) electrons. The number of thiazole rings is 1. The topological polar surface area (TPSA) is 24.9 Å². The van der Waals surface area contributed by atoms with Crippen molar-refractivity contribution in [3.63, 3.8) is 0 Å². The van der Waals surface area contributed by atoms with Crippen molar-refractivity contribution in [3.05, 3.63) is 52.5 Å². The van der Waals surface area contributed by atoms with Crippen molar-refractivity contribution < 1.29 is 0 Å². The second kappa shape index (κ2) is 6.31. The monoisotopic (exact) mass is 272 g/mol. The number of hydrogen-bond donors (Lipinski definition) is 1. The van der Waals surface area contributed by atoms with E-state index in [2.05, 4.69) is 40.6 Å². The SMILES string of the molecule is c1ccc([C@H](NCc2cncs2)C2CCCC2)cc1. The summed E-state index contributed by atoms with van der Waals surface area (Å²) in [6.07, 6.45) is 7.45. The Morgan fingerprint density at radius 1 is 1.21 bits per heavy atom. The zero-order chi connectivity index (χ0) is 12.9. The molecule has 0 spiro atoms. The third-order valence-corrected chi connectivity index (χ3v) is 4.79. The highest BCUT2D eigenvalue weighted by atomic mass is 32.1. The highest BCUT2D eigenvalue weighted by molar-refractivity contribution is 7.09. The van der Waals surface area contributed by atoms with Gasteiger partial charge in [0.15, 0.2) is 0 Å².